The summed E-state index contributed by atoms with van der Waals surface area (Å²) < 4.78 is 7.75. The monoisotopic (exact) mass is 782 g/mol. The maximum atomic E-state index is 11.3. The lowest BCUT2D eigenvalue weighted by molar-refractivity contribution is -0.191. The van der Waals surface area contributed by atoms with E-state index in [9.17, 15) is 5.11 Å². The number of fused-ring (bicyclic) bond motifs is 5. The van der Waals surface area contributed by atoms with Crippen molar-refractivity contribution in [3.8, 4) is 0 Å². The Labute approximate surface area is 307 Å². The molecule has 1 fully saturated rings. The van der Waals surface area contributed by atoms with Crippen molar-refractivity contribution >= 4 is 45.9 Å². The van der Waals surface area contributed by atoms with Gasteiger partial charge in [0, 0.05) is 49.9 Å². The van der Waals surface area contributed by atoms with Gasteiger partial charge in [0.15, 0.2) is 0 Å². The summed E-state index contributed by atoms with van der Waals surface area (Å²) in [5.41, 5.74) is 16.6. The van der Waals surface area contributed by atoms with Crippen molar-refractivity contribution in [3.05, 3.63) is 125 Å². The quantitative estimate of drug-likeness (QED) is 0.268. The first-order chi connectivity index (χ1) is 24.0. The number of halogens is 1. The molecule has 258 valence electrons. The third-order valence-electron chi connectivity index (χ3n) is 10.5. The van der Waals surface area contributed by atoms with Gasteiger partial charge in [-0.05, 0) is 121 Å². The number of allylic oxidation sites excluding steroid dienone is 11. The minimum Gasteiger partial charge on any atom is -0.511 e. The van der Waals surface area contributed by atoms with E-state index >= 15 is 0 Å². The molecule has 9 heteroatoms. The van der Waals surface area contributed by atoms with Gasteiger partial charge in [-0.3, -0.25) is 0 Å². The molecule has 50 heavy (non-hydrogen) atoms. The van der Waals surface area contributed by atoms with E-state index in [1.165, 1.54) is 14.7 Å². The SMILES string of the molecule is CCCC1=C(C)C2=NC1=C1CC(O)=C3C1=NC(=C3C)C=C1NC(=CC3=NC(=C2)C(C)=C3C(C)OCc2cccc(I)c2)[C@H](C)[C@H]1CC.O=C=O. The van der Waals surface area contributed by atoms with Crippen molar-refractivity contribution in [3.63, 3.8) is 0 Å². The molecule has 0 amide bonds. The van der Waals surface area contributed by atoms with Gasteiger partial charge in [0.25, 0.3) is 0 Å². The van der Waals surface area contributed by atoms with Crippen molar-refractivity contribution in [2.75, 3.05) is 0 Å². The predicted molar refractivity (Wildman–Crippen MR) is 205 cm³/mol. The van der Waals surface area contributed by atoms with Crippen LogP contribution in [0.1, 0.15) is 79.7 Å². The van der Waals surface area contributed by atoms with E-state index in [0.29, 0.717) is 24.7 Å². The summed E-state index contributed by atoms with van der Waals surface area (Å²) in [4.78, 5) is 32.0. The van der Waals surface area contributed by atoms with Crippen LogP contribution in [0.25, 0.3) is 0 Å². The van der Waals surface area contributed by atoms with Gasteiger partial charge in [-0.1, -0.05) is 39.3 Å². The second-order valence-corrected chi connectivity index (χ2v) is 14.8. The summed E-state index contributed by atoms with van der Waals surface area (Å²) in [7, 11) is 0. The third-order valence-corrected chi connectivity index (χ3v) is 11.1. The molecule has 5 aliphatic heterocycles. The minimum atomic E-state index is -0.162. The van der Waals surface area contributed by atoms with E-state index < -0.39 is 0 Å². The Morgan fingerprint density at radius 1 is 1.02 bits per heavy atom. The minimum absolute atomic E-state index is 0.162. The fraction of sp³-hybridized carbons (Fsp3) is 0.366. The molecule has 1 aromatic rings. The van der Waals surface area contributed by atoms with Crippen LogP contribution in [0, 0.1) is 15.4 Å². The van der Waals surface area contributed by atoms with Crippen LogP contribution in [-0.4, -0.2) is 34.5 Å². The van der Waals surface area contributed by atoms with Gasteiger partial charge in [0.1, 0.15) is 5.76 Å². The number of nitrogens with zero attached hydrogens (tertiary/aromatic N) is 3. The fourth-order valence-electron chi connectivity index (χ4n) is 7.83. The molecule has 3 atom stereocenters. The van der Waals surface area contributed by atoms with Gasteiger partial charge in [0.05, 0.1) is 46.9 Å². The predicted octanol–water partition coefficient (Wildman–Crippen LogP) is 9.08. The second-order valence-electron chi connectivity index (χ2n) is 13.5. The standard InChI is InChI=1S/C40H43IN4O2.CO2/c1-8-11-28-21(4)31-16-32-22(5)37(24(7)47-19-25-12-10-13-26(41)14-25)35(43-32)18-30-20(3)27(9-2)34(42-30)17-33-23(6)38-36(46)15-29(39(28)44-31)40(38)45-33;2-1-3/h10,12-14,16-18,20,24,27,42,46H,8-9,11,15,19H2,1-7H3;/t20-,24?,27-;/m1./s1. The van der Waals surface area contributed by atoms with E-state index in [2.05, 4.69) is 119 Å². The third kappa shape index (κ3) is 6.43. The largest absolute Gasteiger partial charge is 0.511 e. The van der Waals surface area contributed by atoms with Crippen molar-refractivity contribution in [2.24, 2.45) is 26.8 Å². The smallest absolute Gasteiger partial charge is 0.373 e. The summed E-state index contributed by atoms with van der Waals surface area (Å²) in [6, 6.07) is 8.47. The van der Waals surface area contributed by atoms with Crippen LogP contribution in [-0.2, 0) is 20.9 Å². The van der Waals surface area contributed by atoms with Crippen LogP contribution < -0.4 is 5.32 Å². The fourth-order valence-corrected chi connectivity index (χ4v) is 8.44. The molecular formula is C41H43IN4O4. The van der Waals surface area contributed by atoms with Gasteiger partial charge >= 0.3 is 6.15 Å². The van der Waals surface area contributed by atoms with Gasteiger partial charge < -0.3 is 15.2 Å². The Kier molecular flexibility index (Phi) is 10.4. The lowest BCUT2D eigenvalue weighted by atomic mass is 9.89. The van der Waals surface area contributed by atoms with E-state index in [1.807, 2.05) is 0 Å². The number of benzene rings is 1. The average Bonchev–Trinajstić information content (AvgIpc) is 3.83. The highest BCUT2D eigenvalue weighted by molar-refractivity contribution is 14.1. The zero-order valence-corrected chi connectivity index (χ0v) is 31.9. The van der Waals surface area contributed by atoms with E-state index in [4.69, 9.17) is 29.3 Å². The second kappa shape index (κ2) is 14.6. The Bertz CT molecular complexity index is 2060. The highest BCUT2D eigenvalue weighted by Crippen LogP contribution is 2.45. The molecule has 8 bridgehead atoms. The highest BCUT2D eigenvalue weighted by atomic mass is 127. The van der Waals surface area contributed by atoms with Crippen molar-refractivity contribution in [1.82, 2.24) is 5.32 Å². The Balaban J connectivity index is 0.00000139. The number of hydrogen-bond acceptors (Lipinski definition) is 8. The first kappa shape index (κ1) is 35.6. The molecule has 7 rings (SSSR count). The molecule has 2 N–H and O–H groups in total. The first-order valence-electron chi connectivity index (χ1n) is 17.3. The van der Waals surface area contributed by atoms with Crippen molar-refractivity contribution < 1.29 is 19.4 Å². The maximum Gasteiger partial charge on any atom is 0.373 e. The van der Waals surface area contributed by atoms with E-state index in [-0.39, 0.29) is 18.2 Å². The topological polar surface area (TPSA) is 113 Å². The molecule has 0 spiro atoms. The van der Waals surface area contributed by atoms with Crippen LogP contribution in [0.3, 0.4) is 0 Å². The zero-order chi connectivity index (χ0) is 35.9. The van der Waals surface area contributed by atoms with Crippen LogP contribution in [0.4, 0.5) is 0 Å². The summed E-state index contributed by atoms with van der Waals surface area (Å²) >= 11 is 2.35. The molecule has 1 unspecified atom stereocenters. The first-order valence-corrected chi connectivity index (χ1v) is 18.4. The lowest BCUT2D eigenvalue weighted by Crippen LogP contribution is -2.18. The molecule has 1 aliphatic carbocycles. The molecule has 5 heterocycles. The van der Waals surface area contributed by atoms with Crippen LogP contribution >= 0.6 is 22.6 Å². The number of hydrogen-bond donors (Lipinski definition) is 2. The number of nitrogens with one attached hydrogen (secondary N) is 1. The molecule has 0 aromatic heterocycles. The van der Waals surface area contributed by atoms with Crippen molar-refractivity contribution in [1.29, 1.82) is 0 Å². The zero-order valence-electron chi connectivity index (χ0n) is 29.7. The van der Waals surface area contributed by atoms with Gasteiger partial charge in [-0.15, -0.1) is 0 Å². The summed E-state index contributed by atoms with van der Waals surface area (Å²) in [6.07, 6.45) is 10.1. The van der Waals surface area contributed by atoms with Crippen LogP contribution in [0.5, 0.6) is 0 Å². The lowest BCUT2D eigenvalue weighted by Gasteiger charge is -2.17. The Hall–Kier alpha value is -4.18. The average molecular weight is 783 g/mol. The number of aliphatic imine (C=N–C) groups is 3. The van der Waals surface area contributed by atoms with Gasteiger partial charge in [0.2, 0.25) is 0 Å². The number of carbonyl (C=O) groups excluding carboxylic acids is 2. The number of aliphatic hydroxyl groups excluding tert-OH is 1. The number of ether oxygens (including phenoxy) is 1. The van der Waals surface area contributed by atoms with E-state index in [0.717, 1.165) is 98.3 Å². The maximum absolute atomic E-state index is 11.3. The van der Waals surface area contributed by atoms with Crippen molar-refractivity contribution in [2.45, 2.75) is 86.9 Å². The van der Waals surface area contributed by atoms with Gasteiger partial charge in [-0.2, -0.15) is 9.59 Å². The van der Waals surface area contributed by atoms with Crippen LogP contribution in [0.15, 0.2) is 131 Å². The van der Waals surface area contributed by atoms with Gasteiger partial charge in [-0.25, -0.2) is 15.0 Å². The number of aliphatic hydroxyl groups is 1. The van der Waals surface area contributed by atoms with Crippen LogP contribution in [0.2, 0.25) is 0 Å². The normalized spacial score (nSPS) is 22.9. The molecule has 0 radical (unpaired) electrons. The highest BCUT2D eigenvalue weighted by Gasteiger charge is 2.38. The number of rotatable bonds is 7. The molecule has 6 aliphatic rings. The van der Waals surface area contributed by atoms with E-state index in [1.54, 1.807) is 0 Å². The summed E-state index contributed by atoms with van der Waals surface area (Å²) in [5, 5.41) is 15.1. The molecule has 1 saturated heterocycles. The Morgan fingerprint density at radius 3 is 2.48 bits per heavy atom. The summed E-state index contributed by atoms with van der Waals surface area (Å²) in [5.74, 6) is 0.993. The molecule has 0 saturated carbocycles. The molecule has 1 aromatic carbocycles. The summed E-state index contributed by atoms with van der Waals surface area (Å²) in [6.45, 7) is 15.8. The molecule has 8 nitrogen and oxygen atoms in total. The molecular weight excluding hydrogens is 739 g/mol. The Morgan fingerprint density at radius 2 is 1.78 bits per heavy atom.